The molecule has 6 heteroatoms. The van der Waals surface area contributed by atoms with Crippen molar-refractivity contribution in [2.45, 2.75) is 44.4 Å². The SMILES string of the molecule is Cc1ccsc1C(=O)N[C@@H]1CCC[C@@H](Oc2cccnc2)[C@@H]1O. The van der Waals surface area contributed by atoms with Crippen LogP contribution in [0.5, 0.6) is 5.75 Å². The molecule has 0 radical (unpaired) electrons. The molecule has 1 aliphatic carbocycles. The van der Waals surface area contributed by atoms with Gasteiger partial charge in [0, 0.05) is 6.20 Å². The average Bonchev–Trinajstić information content (AvgIpc) is 2.98. The second kappa shape index (κ2) is 7.10. The van der Waals surface area contributed by atoms with E-state index in [9.17, 15) is 9.90 Å². The maximum absolute atomic E-state index is 12.3. The van der Waals surface area contributed by atoms with E-state index >= 15 is 0 Å². The molecule has 5 nitrogen and oxygen atoms in total. The molecule has 0 saturated heterocycles. The first-order chi connectivity index (χ1) is 11.1. The number of ether oxygens (including phenoxy) is 1. The van der Waals surface area contributed by atoms with Crippen LogP contribution in [-0.2, 0) is 0 Å². The fourth-order valence-electron chi connectivity index (χ4n) is 2.86. The molecule has 1 amide bonds. The highest BCUT2D eigenvalue weighted by Gasteiger charge is 2.34. The van der Waals surface area contributed by atoms with Crippen LogP contribution in [0.25, 0.3) is 0 Å². The summed E-state index contributed by atoms with van der Waals surface area (Å²) in [6, 6.07) is 5.24. The Labute approximate surface area is 139 Å². The number of nitrogens with one attached hydrogen (secondary N) is 1. The van der Waals surface area contributed by atoms with E-state index in [2.05, 4.69) is 10.3 Å². The maximum Gasteiger partial charge on any atom is 0.261 e. The summed E-state index contributed by atoms with van der Waals surface area (Å²) in [5.41, 5.74) is 0.959. The van der Waals surface area contributed by atoms with E-state index < -0.39 is 6.10 Å². The number of aryl methyl sites for hydroxylation is 1. The van der Waals surface area contributed by atoms with E-state index in [1.54, 1.807) is 18.5 Å². The normalized spacial score (nSPS) is 24.2. The minimum Gasteiger partial charge on any atom is -0.486 e. The second-order valence-corrected chi connectivity index (χ2v) is 6.70. The van der Waals surface area contributed by atoms with E-state index in [1.807, 2.05) is 24.4 Å². The van der Waals surface area contributed by atoms with Crippen molar-refractivity contribution in [1.29, 1.82) is 0 Å². The van der Waals surface area contributed by atoms with Crippen molar-refractivity contribution in [2.75, 3.05) is 0 Å². The summed E-state index contributed by atoms with van der Waals surface area (Å²) in [5, 5.41) is 15.4. The minimum atomic E-state index is -0.729. The molecule has 122 valence electrons. The number of aromatic nitrogens is 1. The van der Waals surface area contributed by atoms with Gasteiger partial charge in [0.2, 0.25) is 0 Å². The van der Waals surface area contributed by atoms with Gasteiger partial charge in [0.15, 0.2) is 0 Å². The lowest BCUT2D eigenvalue weighted by molar-refractivity contribution is -0.0141. The molecule has 1 saturated carbocycles. The second-order valence-electron chi connectivity index (χ2n) is 5.78. The Morgan fingerprint density at radius 2 is 2.30 bits per heavy atom. The van der Waals surface area contributed by atoms with Crippen LogP contribution in [0.4, 0.5) is 0 Å². The van der Waals surface area contributed by atoms with Crippen molar-refractivity contribution in [2.24, 2.45) is 0 Å². The molecular weight excluding hydrogens is 312 g/mol. The Balaban J connectivity index is 1.64. The largest absolute Gasteiger partial charge is 0.486 e. The average molecular weight is 332 g/mol. The topological polar surface area (TPSA) is 71.5 Å². The number of thiophene rings is 1. The third kappa shape index (κ3) is 3.71. The van der Waals surface area contributed by atoms with Gasteiger partial charge in [-0.1, -0.05) is 0 Å². The van der Waals surface area contributed by atoms with Crippen LogP contribution in [-0.4, -0.2) is 34.2 Å². The molecule has 2 N–H and O–H groups in total. The molecule has 0 unspecified atom stereocenters. The number of pyridine rings is 1. The van der Waals surface area contributed by atoms with Crippen LogP contribution in [0.2, 0.25) is 0 Å². The number of aliphatic hydroxyl groups excluding tert-OH is 1. The first-order valence-corrected chi connectivity index (χ1v) is 8.63. The van der Waals surface area contributed by atoms with Gasteiger partial charge in [0.25, 0.3) is 5.91 Å². The van der Waals surface area contributed by atoms with Crippen LogP contribution in [0.3, 0.4) is 0 Å². The Kier molecular flexibility index (Phi) is 4.93. The van der Waals surface area contributed by atoms with Gasteiger partial charge in [-0.2, -0.15) is 0 Å². The predicted molar refractivity (Wildman–Crippen MR) is 88.8 cm³/mol. The van der Waals surface area contributed by atoms with Crippen molar-refractivity contribution in [1.82, 2.24) is 10.3 Å². The van der Waals surface area contributed by atoms with Gasteiger partial charge in [-0.3, -0.25) is 9.78 Å². The molecule has 2 heterocycles. The molecule has 0 aliphatic heterocycles. The summed E-state index contributed by atoms with van der Waals surface area (Å²) >= 11 is 1.42. The first kappa shape index (κ1) is 16.0. The smallest absolute Gasteiger partial charge is 0.261 e. The zero-order chi connectivity index (χ0) is 16.2. The van der Waals surface area contributed by atoms with Crippen molar-refractivity contribution in [3.05, 3.63) is 46.4 Å². The molecule has 2 aromatic heterocycles. The van der Waals surface area contributed by atoms with Crippen molar-refractivity contribution in [3.8, 4) is 5.75 Å². The fourth-order valence-corrected chi connectivity index (χ4v) is 3.68. The van der Waals surface area contributed by atoms with Gasteiger partial charge >= 0.3 is 0 Å². The highest BCUT2D eigenvalue weighted by molar-refractivity contribution is 7.12. The standard InChI is InChI=1S/C17H20N2O3S/c1-11-7-9-23-16(11)17(21)19-13-5-2-6-14(15(13)20)22-12-4-3-8-18-10-12/h3-4,7-10,13-15,20H,2,5-6H2,1H3,(H,19,21)/t13-,14-,15-/m1/s1. The molecule has 0 aromatic carbocycles. The van der Waals surface area contributed by atoms with Gasteiger partial charge in [-0.15, -0.1) is 11.3 Å². The van der Waals surface area contributed by atoms with Gasteiger partial charge in [0.1, 0.15) is 18.0 Å². The van der Waals surface area contributed by atoms with E-state index in [4.69, 9.17) is 4.74 Å². The van der Waals surface area contributed by atoms with Crippen molar-refractivity contribution < 1.29 is 14.6 Å². The lowest BCUT2D eigenvalue weighted by Gasteiger charge is -2.35. The molecule has 0 bridgehead atoms. The molecule has 23 heavy (non-hydrogen) atoms. The summed E-state index contributed by atoms with van der Waals surface area (Å²) in [5.74, 6) is 0.515. The number of aliphatic hydroxyl groups is 1. The summed E-state index contributed by atoms with van der Waals surface area (Å²) in [6.45, 7) is 1.91. The Morgan fingerprint density at radius 1 is 1.43 bits per heavy atom. The fraction of sp³-hybridized carbons (Fsp3) is 0.412. The van der Waals surface area contributed by atoms with Gasteiger partial charge in [0.05, 0.1) is 17.1 Å². The van der Waals surface area contributed by atoms with Crippen LogP contribution < -0.4 is 10.1 Å². The Morgan fingerprint density at radius 3 is 3.00 bits per heavy atom. The minimum absolute atomic E-state index is 0.122. The first-order valence-electron chi connectivity index (χ1n) is 7.75. The predicted octanol–water partition coefficient (Wildman–Crippen LogP) is 2.54. The van der Waals surface area contributed by atoms with Crippen molar-refractivity contribution >= 4 is 17.2 Å². The number of hydrogen-bond donors (Lipinski definition) is 2. The number of amides is 1. The molecular formula is C17H20N2O3S. The number of nitrogens with zero attached hydrogens (tertiary/aromatic N) is 1. The van der Waals surface area contributed by atoms with Crippen LogP contribution in [0, 0.1) is 6.92 Å². The summed E-state index contributed by atoms with van der Waals surface area (Å²) in [6.07, 6.45) is 4.66. The number of rotatable bonds is 4. The molecule has 3 atom stereocenters. The highest BCUT2D eigenvalue weighted by Crippen LogP contribution is 2.25. The summed E-state index contributed by atoms with van der Waals surface area (Å²) in [7, 11) is 0. The van der Waals surface area contributed by atoms with Gasteiger partial charge < -0.3 is 15.2 Å². The molecule has 2 aromatic rings. The van der Waals surface area contributed by atoms with E-state index in [0.29, 0.717) is 10.6 Å². The third-order valence-electron chi connectivity index (χ3n) is 4.10. The van der Waals surface area contributed by atoms with Crippen LogP contribution in [0.1, 0.15) is 34.5 Å². The highest BCUT2D eigenvalue weighted by atomic mass is 32.1. The molecule has 0 spiro atoms. The summed E-state index contributed by atoms with van der Waals surface area (Å²) in [4.78, 5) is 17.1. The number of hydrogen-bond acceptors (Lipinski definition) is 5. The Hall–Kier alpha value is -1.92. The van der Waals surface area contributed by atoms with Gasteiger partial charge in [-0.05, 0) is 55.3 Å². The molecule has 1 fully saturated rings. The van der Waals surface area contributed by atoms with Crippen LogP contribution >= 0.6 is 11.3 Å². The quantitative estimate of drug-likeness (QED) is 0.902. The van der Waals surface area contributed by atoms with Gasteiger partial charge in [-0.25, -0.2) is 0 Å². The monoisotopic (exact) mass is 332 g/mol. The molecule has 3 rings (SSSR count). The lowest BCUT2D eigenvalue weighted by Crippen LogP contribution is -2.52. The van der Waals surface area contributed by atoms with Crippen molar-refractivity contribution in [3.63, 3.8) is 0 Å². The number of carbonyl (C=O) groups excluding carboxylic acids is 1. The maximum atomic E-state index is 12.3. The molecule has 1 aliphatic rings. The van der Waals surface area contributed by atoms with E-state index in [1.165, 1.54) is 11.3 Å². The van der Waals surface area contributed by atoms with E-state index in [-0.39, 0.29) is 18.1 Å². The number of carbonyl (C=O) groups is 1. The zero-order valence-corrected chi connectivity index (χ0v) is 13.8. The Bertz CT molecular complexity index is 659. The van der Waals surface area contributed by atoms with E-state index in [0.717, 1.165) is 24.8 Å². The third-order valence-corrected chi connectivity index (χ3v) is 5.12. The summed E-state index contributed by atoms with van der Waals surface area (Å²) < 4.78 is 5.83. The zero-order valence-electron chi connectivity index (χ0n) is 12.9. The lowest BCUT2D eigenvalue weighted by atomic mass is 9.89. The van der Waals surface area contributed by atoms with Crippen LogP contribution in [0.15, 0.2) is 36.0 Å².